The minimum Gasteiger partial charge on any atom is -0.360 e. The Hall–Kier alpha value is -2.30. The molecule has 1 saturated heterocycles. The molecule has 1 N–H and O–H groups in total. The summed E-state index contributed by atoms with van der Waals surface area (Å²) in [5, 5.41) is 6.48. The first-order valence-electron chi connectivity index (χ1n) is 9.48. The maximum Gasteiger partial charge on any atom is 0.248 e. The van der Waals surface area contributed by atoms with Crippen LogP contribution in [0.1, 0.15) is 24.3 Å². The number of anilines is 1. The highest BCUT2D eigenvalue weighted by Gasteiger charge is 2.32. The predicted molar refractivity (Wildman–Crippen MR) is 105 cm³/mol. The van der Waals surface area contributed by atoms with E-state index in [-0.39, 0.29) is 23.0 Å². The lowest BCUT2D eigenvalue weighted by Gasteiger charge is -2.21. The molecule has 10 heteroatoms. The Morgan fingerprint density at radius 3 is 2.55 bits per heavy atom. The highest BCUT2D eigenvalue weighted by atomic mass is 32.2. The fourth-order valence-corrected chi connectivity index (χ4v) is 5.16. The summed E-state index contributed by atoms with van der Waals surface area (Å²) in [5.74, 6) is -0.231. The third-order valence-corrected chi connectivity index (χ3v) is 7.04. The van der Waals surface area contributed by atoms with Crippen molar-refractivity contribution in [3.8, 4) is 0 Å². The average Bonchev–Trinajstić information content (AvgIpc) is 2.88. The molecule has 0 radical (unpaired) electrons. The van der Waals surface area contributed by atoms with Crippen LogP contribution in [-0.4, -0.2) is 61.4 Å². The summed E-state index contributed by atoms with van der Waals surface area (Å²) in [4.78, 5) is 14.3. The predicted octanol–water partition coefficient (Wildman–Crippen LogP) is 2.16. The molecule has 2 heterocycles. The number of halogens is 1. The molecule has 8 nitrogen and oxygen atoms in total. The number of hydrogen-bond donors (Lipinski definition) is 1. The third kappa shape index (κ3) is 5.20. The number of hydrogen-bond acceptors (Lipinski definition) is 6. The lowest BCUT2D eigenvalue weighted by molar-refractivity contribution is -0.116. The standard InChI is InChI=1S/C19H25FN4O4S/c1-14-19(15(2)28-22-14)29(26,27)24-10-3-9-23(12-13-24)11-8-18(25)21-17-6-4-16(20)5-7-17/h4-7H,3,8-13H2,1-2H3,(H,21,25). The van der Waals surface area contributed by atoms with Crippen LogP contribution < -0.4 is 5.32 Å². The Morgan fingerprint density at radius 2 is 1.90 bits per heavy atom. The lowest BCUT2D eigenvalue weighted by Crippen LogP contribution is -2.36. The van der Waals surface area contributed by atoms with E-state index in [9.17, 15) is 17.6 Å². The number of carbonyl (C=O) groups excluding carboxylic acids is 1. The van der Waals surface area contributed by atoms with E-state index < -0.39 is 10.0 Å². The zero-order chi connectivity index (χ0) is 21.0. The molecule has 0 unspecified atom stereocenters. The second-order valence-electron chi connectivity index (χ2n) is 7.06. The van der Waals surface area contributed by atoms with Gasteiger partial charge in [-0.05, 0) is 51.1 Å². The van der Waals surface area contributed by atoms with Crippen molar-refractivity contribution in [2.24, 2.45) is 0 Å². The molecular formula is C19H25FN4O4S. The van der Waals surface area contributed by atoms with Gasteiger partial charge in [0, 0.05) is 38.3 Å². The smallest absolute Gasteiger partial charge is 0.248 e. The van der Waals surface area contributed by atoms with Crippen LogP contribution in [0.3, 0.4) is 0 Å². The van der Waals surface area contributed by atoms with Crippen LogP contribution in [-0.2, 0) is 14.8 Å². The SMILES string of the molecule is Cc1noc(C)c1S(=O)(=O)N1CCCN(CCC(=O)Nc2ccc(F)cc2)CC1. The molecule has 3 rings (SSSR count). The summed E-state index contributed by atoms with van der Waals surface area (Å²) >= 11 is 0. The van der Waals surface area contributed by atoms with Gasteiger partial charge in [0.15, 0.2) is 5.76 Å². The van der Waals surface area contributed by atoms with Crippen molar-refractivity contribution in [3.05, 3.63) is 41.5 Å². The summed E-state index contributed by atoms with van der Waals surface area (Å²) in [6.45, 7) is 5.72. The van der Waals surface area contributed by atoms with Crippen molar-refractivity contribution in [1.82, 2.24) is 14.4 Å². The molecular weight excluding hydrogens is 399 g/mol. The number of nitrogens with zero attached hydrogens (tertiary/aromatic N) is 3. The monoisotopic (exact) mass is 424 g/mol. The van der Waals surface area contributed by atoms with Crippen LogP contribution >= 0.6 is 0 Å². The molecule has 1 aromatic carbocycles. The van der Waals surface area contributed by atoms with Crippen LogP contribution in [0, 0.1) is 19.7 Å². The van der Waals surface area contributed by atoms with Crippen LogP contribution in [0.15, 0.2) is 33.7 Å². The van der Waals surface area contributed by atoms with E-state index in [1.54, 1.807) is 13.8 Å². The molecule has 1 aliphatic heterocycles. The van der Waals surface area contributed by atoms with Gasteiger partial charge in [0.05, 0.1) is 0 Å². The van der Waals surface area contributed by atoms with Crippen LogP contribution in [0.25, 0.3) is 0 Å². The van der Waals surface area contributed by atoms with E-state index in [4.69, 9.17) is 4.52 Å². The number of aryl methyl sites for hydroxylation is 2. The lowest BCUT2D eigenvalue weighted by atomic mass is 10.3. The molecule has 0 atom stereocenters. The summed E-state index contributed by atoms with van der Waals surface area (Å²) in [6, 6.07) is 5.60. The average molecular weight is 424 g/mol. The first-order valence-corrected chi connectivity index (χ1v) is 10.9. The fraction of sp³-hybridized carbons (Fsp3) is 0.474. The summed E-state index contributed by atoms with van der Waals surface area (Å²) < 4.78 is 45.3. The Morgan fingerprint density at radius 1 is 1.17 bits per heavy atom. The van der Waals surface area contributed by atoms with Gasteiger partial charge in [0.1, 0.15) is 16.4 Å². The van der Waals surface area contributed by atoms with Crippen molar-refractivity contribution in [2.75, 3.05) is 38.0 Å². The summed E-state index contributed by atoms with van der Waals surface area (Å²) in [5.41, 5.74) is 0.907. The van der Waals surface area contributed by atoms with E-state index in [2.05, 4.69) is 15.4 Å². The molecule has 2 aromatic rings. The first kappa shape index (κ1) is 21.4. The van der Waals surface area contributed by atoms with Crippen molar-refractivity contribution >= 4 is 21.6 Å². The molecule has 1 aliphatic rings. The van der Waals surface area contributed by atoms with Crippen LogP contribution in [0.2, 0.25) is 0 Å². The van der Waals surface area contributed by atoms with E-state index in [1.165, 1.54) is 28.6 Å². The normalized spacial score (nSPS) is 16.5. The van der Waals surface area contributed by atoms with E-state index in [0.29, 0.717) is 56.3 Å². The molecule has 0 bridgehead atoms. The Balaban J connectivity index is 1.53. The Kier molecular flexibility index (Phi) is 6.66. The van der Waals surface area contributed by atoms with Crippen molar-refractivity contribution < 1.29 is 22.1 Å². The first-order chi connectivity index (χ1) is 13.8. The molecule has 0 spiro atoms. The van der Waals surface area contributed by atoms with Gasteiger partial charge in [-0.15, -0.1) is 0 Å². The topological polar surface area (TPSA) is 95.8 Å². The van der Waals surface area contributed by atoms with Crippen LogP contribution in [0.4, 0.5) is 10.1 Å². The fourth-order valence-electron chi connectivity index (χ4n) is 3.40. The van der Waals surface area contributed by atoms with E-state index >= 15 is 0 Å². The van der Waals surface area contributed by atoms with Gasteiger partial charge in [-0.2, -0.15) is 4.31 Å². The Labute approximate surface area is 169 Å². The Bertz CT molecular complexity index is 940. The molecule has 0 saturated carbocycles. The maximum absolute atomic E-state index is 13.0. The highest BCUT2D eigenvalue weighted by Crippen LogP contribution is 2.24. The number of benzene rings is 1. The van der Waals surface area contributed by atoms with Crippen molar-refractivity contribution in [1.29, 1.82) is 0 Å². The minimum absolute atomic E-state index is 0.143. The molecule has 158 valence electrons. The van der Waals surface area contributed by atoms with Gasteiger partial charge in [0.25, 0.3) is 0 Å². The number of rotatable bonds is 6. The van der Waals surface area contributed by atoms with Gasteiger partial charge < -0.3 is 14.7 Å². The van der Waals surface area contributed by atoms with Gasteiger partial charge in [-0.3, -0.25) is 4.79 Å². The second-order valence-corrected chi connectivity index (χ2v) is 8.93. The maximum atomic E-state index is 13.0. The zero-order valence-electron chi connectivity index (χ0n) is 16.5. The molecule has 1 amide bonds. The number of carbonyl (C=O) groups is 1. The highest BCUT2D eigenvalue weighted by molar-refractivity contribution is 7.89. The summed E-state index contributed by atoms with van der Waals surface area (Å²) in [6.07, 6.45) is 0.941. The number of aromatic nitrogens is 1. The molecule has 1 fully saturated rings. The van der Waals surface area contributed by atoms with E-state index in [0.717, 1.165) is 0 Å². The largest absolute Gasteiger partial charge is 0.360 e. The van der Waals surface area contributed by atoms with Crippen molar-refractivity contribution in [2.45, 2.75) is 31.6 Å². The zero-order valence-corrected chi connectivity index (χ0v) is 17.3. The minimum atomic E-state index is -3.66. The molecule has 29 heavy (non-hydrogen) atoms. The number of sulfonamides is 1. The van der Waals surface area contributed by atoms with Crippen molar-refractivity contribution in [3.63, 3.8) is 0 Å². The second kappa shape index (κ2) is 9.02. The van der Waals surface area contributed by atoms with Gasteiger partial charge in [-0.1, -0.05) is 5.16 Å². The molecule has 1 aromatic heterocycles. The van der Waals surface area contributed by atoms with Gasteiger partial charge >= 0.3 is 0 Å². The van der Waals surface area contributed by atoms with E-state index in [1.807, 2.05) is 0 Å². The van der Waals surface area contributed by atoms with Gasteiger partial charge in [-0.25, -0.2) is 12.8 Å². The third-order valence-electron chi connectivity index (χ3n) is 4.90. The van der Waals surface area contributed by atoms with Gasteiger partial charge in [0.2, 0.25) is 15.9 Å². The van der Waals surface area contributed by atoms with Crippen LogP contribution in [0.5, 0.6) is 0 Å². The molecule has 0 aliphatic carbocycles. The quantitative estimate of drug-likeness (QED) is 0.764. The summed E-state index contributed by atoms with van der Waals surface area (Å²) in [7, 11) is -3.66. The number of nitrogens with one attached hydrogen (secondary N) is 1. The number of amides is 1.